The minimum Gasteiger partial charge on any atom is -0.379 e. The van der Waals surface area contributed by atoms with E-state index in [-0.39, 0.29) is 18.1 Å². The lowest BCUT2D eigenvalue weighted by molar-refractivity contribution is -0.135. The molecule has 0 bridgehead atoms. The van der Waals surface area contributed by atoms with Gasteiger partial charge in [-0.3, -0.25) is 9.69 Å². The quantitative estimate of drug-likeness (QED) is 0.761. The molecule has 2 heterocycles. The van der Waals surface area contributed by atoms with Crippen LogP contribution in [0.2, 0.25) is 0 Å². The number of hydrogen-bond acceptors (Lipinski definition) is 4. The van der Waals surface area contributed by atoms with Crippen LogP contribution in [-0.4, -0.2) is 61.4 Å². The summed E-state index contributed by atoms with van der Waals surface area (Å²) >= 11 is 0. The van der Waals surface area contributed by atoms with Gasteiger partial charge < -0.3 is 14.8 Å². The maximum atomic E-state index is 12.8. The minimum absolute atomic E-state index is 0.0312. The summed E-state index contributed by atoms with van der Waals surface area (Å²) in [6.07, 6.45) is 5.16. The van der Waals surface area contributed by atoms with Gasteiger partial charge in [-0.2, -0.15) is 0 Å². The van der Waals surface area contributed by atoms with Crippen LogP contribution in [0.15, 0.2) is 11.6 Å². The molecule has 0 aromatic carbocycles. The van der Waals surface area contributed by atoms with Crippen LogP contribution in [0.5, 0.6) is 0 Å². The van der Waals surface area contributed by atoms with Crippen LogP contribution >= 0.6 is 0 Å². The Morgan fingerprint density at radius 1 is 1.35 bits per heavy atom. The van der Waals surface area contributed by atoms with E-state index >= 15 is 0 Å². The third-order valence-corrected chi connectivity index (χ3v) is 4.87. The zero-order valence-electron chi connectivity index (χ0n) is 15.1. The van der Waals surface area contributed by atoms with Crippen molar-refractivity contribution in [2.75, 3.05) is 32.9 Å². The van der Waals surface area contributed by atoms with Gasteiger partial charge in [0.15, 0.2) is 0 Å². The topological polar surface area (TPSA) is 50.8 Å². The first-order valence-corrected chi connectivity index (χ1v) is 8.80. The summed E-state index contributed by atoms with van der Waals surface area (Å²) in [5.74, 6) is 0.0992. The lowest BCUT2D eigenvalue weighted by Crippen LogP contribution is -2.59. The third-order valence-electron chi connectivity index (χ3n) is 4.87. The Labute approximate surface area is 140 Å². The zero-order chi connectivity index (χ0) is 16.9. The van der Waals surface area contributed by atoms with Crippen molar-refractivity contribution >= 4 is 5.91 Å². The molecule has 2 aliphatic heterocycles. The lowest BCUT2D eigenvalue weighted by atomic mass is 9.99. The van der Waals surface area contributed by atoms with Crippen molar-refractivity contribution in [2.24, 2.45) is 0 Å². The highest BCUT2D eigenvalue weighted by Gasteiger charge is 2.38. The van der Waals surface area contributed by atoms with Gasteiger partial charge in [-0.1, -0.05) is 11.6 Å². The normalized spacial score (nSPS) is 26.1. The molecule has 0 aromatic rings. The number of allylic oxidation sites excluding steroid dienone is 1. The lowest BCUT2D eigenvalue weighted by Gasteiger charge is -2.38. The summed E-state index contributed by atoms with van der Waals surface area (Å²) in [7, 11) is 0. The molecule has 2 saturated heterocycles. The summed E-state index contributed by atoms with van der Waals surface area (Å²) in [4.78, 5) is 15.1. The van der Waals surface area contributed by atoms with Crippen LogP contribution in [0, 0.1) is 0 Å². The Balaban J connectivity index is 1.92. The fourth-order valence-corrected chi connectivity index (χ4v) is 3.14. The van der Waals surface area contributed by atoms with Gasteiger partial charge >= 0.3 is 0 Å². The van der Waals surface area contributed by atoms with Crippen molar-refractivity contribution in [3.8, 4) is 0 Å². The second-order valence-corrected chi connectivity index (χ2v) is 7.35. The fourth-order valence-electron chi connectivity index (χ4n) is 3.14. The SMILES string of the molecule is CC(C)=CCO[C@@H]1COCC[C@H]1NC(=O)C(C)(C)N1CCCC1. The van der Waals surface area contributed by atoms with Crippen LogP contribution in [0.25, 0.3) is 0 Å². The maximum absolute atomic E-state index is 12.8. The van der Waals surface area contributed by atoms with Crippen molar-refractivity contribution in [1.29, 1.82) is 0 Å². The highest BCUT2D eigenvalue weighted by molar-refractivity contribution is 5.85. The second-order valence-electron chi connectivity index (χ2n) is 7.35. The first kappa shape index (κ1) is 18.4. The molecule has 2 fully saturated rings. The maximum Gasteiger partial charge on any atom is 0.240 e. The van der Waals surface area contributed by atoms with Crippen molar-refractivity contribution in [1.82, 2.24) is 10.2 Å². The summed E-state index contributed by atoms with van der Waals surface area (Å²) < 4.78 is 11.4. The number of carbonyl (C=O) groups is 1. The molecular formula is C18H32N2O3. The van der Waals surface area contributed by atoms with Gasteiger partial charge in [0.05, 0.1) is 24.8 Å². The number of nitrogens with one attached hydrogen (secondary N) is 1. The summed E-state index contributed by atoms with van der Waals surface area (Å²) in [5.41, 5.74) is 0.775. The molecule has 5 nitrogen and oxygen atoms in total. The number of likely N-dealkylation sites (tertiary alicyclic amines) is 1. The van der Waals surface area contributed by atoms with Gasteiger partial charge in [0.25, 0.3) is 0 Å². The smallest absolute Gasteiger partial charge is 0.240 e. The first-order valence-electron chi connectivity index (χ1n) is 8.80. The predicted molar refractivity (Wildman–Crippen MR) is 91.4 cm³/mol. The van der Waals surface area contributed by atoms with Gasteiger partial charge in [0.1, 0.15) is 6.10 Å². The van der Waals surface area contributed by atoms with E-state index in [9.17, 15) is 4.79 Å². The number of rotatable bonds is 6. The molecule has 0 aliphatic carbocycles. The average Bonchev–Trinajstić information content (AvgIpc) is 3.03. The van der Waals surface area contributed by atoms with E-state index in [0.29, 0.717) is 19.8 Å². The van der Waals surface area contributed by atoms with Crippen LogP contribution < -0.4 is 5.32 Å². The largest absolute Gasteiger partial charge is 0.379 e. The molecular weight excluding hydrogens is 292 g/mol. The van der Waals surface area contributed by atoms with Crippen molar-refractivity contribution < 1.29 is 14.3 Å². The average molecular weight is 324 g/mol. The van der Waals surface area contributed by atoms with Crippen molar-refractivity contribution in [2.45, 2.75) is 64.6 Å². The van der Waals surface area contributed by atoms with Crippen LogP contribution in [0.3, 0.4) is 0 Å². The molecule has 1 N–H and O–H groups in total. The van der Waals surface area contributed by atoms with E-state index in [1.165, 1.54) is 18.4 Å². The van der Waals surface area contributed by atoms with Gasteiger partial charge in [-0.15, -0.1) is 0 Å². The number of hydrogen-bond donors (Lipinski definition) is 1. The number of amides is 1. The molecule has 2 aliphatic rings. The molecule has 2 atom stereocenters. The monoisotopic (exact) mass is 324 g/mol. The Hall–Kier alpha value is -0.910. The van der Waals surface area contributed by atoms with Crippen molar-refractivity contribution in [3.05, 3.63) is 11.6 Å². The molecule has 0 aromatic heterocycles. The molecule has 23 heavy (non-hydrogen) atoms. The summed E-state index contributed by atoms with van der Waals surface area (Å²) in [6, 6.07) is 0.0312. The van der Waals surface area contributed by atoms with E-state index in [1.807, 2.05) is 13.8 Å². The molecule has 0 saturated carbocycles. The molecule has 132 valence electrons. The predicted octanol–water partition coefficient (Wildman–Crippen LogP) is 2.12. The van der Waals surface area contributed by atoms with Gasteiger partial charge in [-0.25, -0.2) is 0 Å². The Morgan fingerprint density at radius 3 is 2.70 bits per heavy atom. The van der Waals surface area contributed by atoms with Crippen LogP contribution in [0.4, 0.5) is 0 Å². The van der Waals surface area contributed by atoms with E-state index in [1.54, 1.807) is 0 Å². The number of nitrogens with zero attached hydrogens (tertiary/aromatic N) is 1. The molecule has 1 amide bonds. The third kappa shape index (κ3) is 5.03. The molecule has 0 unspecified atom stereocenters. The van der Waals surface area contributed by atoms with Crippen LogP contribution in [0.1, 0.15) is 47.0 Å². The number of carbonyl (C=O) groups excluding carboxylic acids is 1. The Bertz CT molecular complexity index is 424. The van der Waals surface area contributed by atoms with E-state index < -0.39 is 5.54 Å². The second kappa shape index (κ2) is 8.27. The summed E-state index contributed by atoms with van der Waals surface area (Å²) in [6.45, 7) is 12.0. The van der Waals surface area contributed by atoms with E-state index in [2.05, 4.69) is 30.1 Å². The van der Waals surface area contributed by atoms with Gasteiger partial charge in [-0.05, 0) is 60.0 Å². The summed E-state index contributed by atoms with van der Waals surface area (Å²) in [5, 5.41) is 3.22. The molecule has 5 heteroatoms. The highest BCUT2D eigenvalue weighted by Crippen LogP contribution is 2.22. The standard InChI is InChI=1S/C18H32N2O3/c1-14(2)7-12-23-16-13-22-11-8-15(16)19-17(21)18(3,4)20-9-5-6-10-20/h7,15-16H,5-6,8-13H2,1-4H3,(H,19,21)/t15-,16-/m1/s1. The van der Waals surface area contributed by atoms with E-state index in [4.69, 9.17) is 9.47 Å². The minimum atomic E-state index is -0.459. The van der Waals surface area contributed by atoms with Gasteiger partial charge in [0, 0.05) is 6.61 Å². The van der Waals surface area contributed by atoms with Crippen LogP contribution in [-0.2, 0) is 14.3 Å². The van der Waals surface area contributed by atoms with Crippen molar-refractivity contribution in [3.63, 3.8) is 0 Å². The molecule has 2 rings (SSSR count). The fraction of sp³-hybridized carbons (Fsp3) is 0.833. The number of ether oxygens (including phenoxy) is 2. The first-order chi connectivity index (χ1) is 10.9. The molecule has 0 radical (unpaired) electrons. The Morgan fingerprint density at radius 2 is 2.04 bits per heavy atom. The van der Waals surface area contributed by atoms with E-state index in [0.717, 1.165) is 19.5 Å². The van der Waals surface area contributed by atoms with Gasteiger partial charge in [0.2, 0.25) is 5.91 Å². The highest BCUT2D eigenvalue weighted by atomic mass is 16.5. The molecule has 0 spiro atoms. The Kier molecular flexibility index (Phi) is 6.62. The zero-order valence-corrected chi connectivity index (χ0v) is 15.1.